The number of ether oxygens (including phenoxy) is 2. The van der Waals surface area contributed by atoms with Gasteiger partial charge in [-0.3, -0.25) is 14.5 Å². The quantitative estimate of drug-likeness (QED) is 0.247. The fourth-order valence-electron chi connectivity index (χ4n) is 3.44. The Hall–Kier alpha value is -3.75. The fraction of sp³-hybridized carbons (Fsp3) is 0.115. The van der Waals surface area contributed by atoms with E-state index in [-0.39, 0.29) is 35.7 Å². The SMILES string of the molecule is COC(=O)CN1C(=S)N(c2ccc(Cl)cc2)C(=O)/C1=C/c1ccc(OCc2ccccc2F)cc1. The highest BCUT2D eigenvalue weighted by molar-refractivity contribution is 7.80. The summed E-state index contributed by atoms with van der Waals surface area (Å²) in [5.74, 6) is -0.722. The Morgan fingerprint density at radius 2 is 1.74 bits per heavy atom. The first-order chi connectivity index (χ1) is 16.9. The summed E-state index contributed by atoms with van der Waals surface area (Å²) in [5.41, 5.74) is 1.88. The molecule has 1 aliphatic heterocycles. The van der Waals surface area contributed by atoms with Gasteiger partial charge in [-0.15, -0.1) is 0 Å². The van der Waals surface area contributed by atoms with E-state index in [0.717, 1.165) is 0 Å². The van der Waals surface area contributed by atoms with Crippen LogP contribution in [0.3, 0.4) is 0 Å². The third kappa shape index (κ3) is 5.50. The highest BCUT2D eigenvalue weighted by Crippen LogP contribution is 2.30. The van der Waals surface area contributed by atoms with Gasteiger partial charge in [0.25, 0.3) is 5.91 Å². The molecule has 4 rings (SSSR count). The zero-order chi connectivity index (χ0) is 24.9. The van der Waals surface area contributed by atoms with Crippen LogP contribution in [-0.2, 0) is 20.9 Å². The molecule has 3 aromatic carbocycles. The lowest BCUT2D eigenvalue weighted by Crippen LogP contribution is -2.35. The monoisotopic (exact) mass is 510 g/mol. The van der Waals surface area contributed by atoms with E-state index < -0.39 is 5.97 Å². The van der Waals surface area contributed by atoms with Crippen molar-refractivity contribution in [3.8, 4) is 5.75 Å². The lowest BCUT2D eigenvalue weighted by atomic mass is 10.1. The molecule has 1 heterocycles. The summed E-state index contributed by atoms with van der Waals surface area (Å²) >= 11 is 11.5. The molecule has 0 saturated carbocycles. The summed E-state index contributed by atoms with van der Waals surface area (Å²) < 4.78 is 24.3. The van der Waals surface area contributed by atoms with Crippen molar-refractivity contribution >= 4 is 52.6 Å². The van der Waals surface area contributed by atoms with Crippen LogP contribution in [0.4, 0.5) is 10.1 Å². The van der Waals surface area contributed by atoms with Crippen molar-refractivity contribution < 1.29 is 23.5 Å². The third-order valence-corrected chi connectivity index (χ3v) is 5.93. The molecule has 1 saturated heterocycles. The molecule has 35 heavy (non-hydrogen) atoms. The first-order valence-corrected chi connectivity index (χ1v) is 11.3. The largest absolute Gasteiger partial charge is 0.489 e. The maximum atomic E-state index is 13.8. The molecule has 9 heteroatoms. The van der Waals surface area contributed by atoms with Crippen molar-refractivity contribution in [3.63, 3.8) is 0 Å². The van der Waals surface area contributed by atoms with E-state index in [1.165, 1.54) is 23.0 Å². The van der Waals surface area contributed by atoms with Gasteiger partial charge in [-0.25, -0.2) is 4.39 Å². The third-order valence-electron chi connectivity index (χ3n) is 5.27. The minimum Gasteiger partial charge on any atom is -0.489 e. The number of thiocarbonyl (C=S) groups is 1. The van der Waals surface area contributed by atoms with Crippen molar-refractivity contribution in [1.82, 2.24) is 4.90 Å². The second kappa shape index (κ2) is 10.7. The second-order valence-corrected chi connectivity index (χ2v) is 8.34. The maximum absolute atomic E-state index is 13.8. The van der Waals surface area contributed by atoms with E-state index in [9.17, 15) is 14.0 Å². The topological polar surface area (TPSA) is 59.1 Å². The highest BCUT2D eigenvalue weighted by atomic mass is 35.5. The van der Waals surface area contributed by atoms with E-state index >= 15 is 0 Å². The number of rotatable bonds is 7. The zero-order valence-electron chi connectivity index (χ0n) is 18.6. The number of halogens is 2. The first kappa shape index (κ1) is 24.4. The van der Waals surface area contributed by atoms with E-state index in [4.69, 9.17) is 33.3 Å². The van der Waals surface area contributed by atoms with Gasteiger partial charge in [0, 0.05) is 10.6 Å². The van der Waals surface area contributed by atoms with Crippen molar-refractivity contribution in [1.29, 1.82) is 0 Å². The Balaban J connectivity index is 1.58. The number of carbonyl (C=O) groups is 2. The van der Waals surface area contributed by atoms with Crippen molar-refractivity contribution in [2.45, 2.75) is 6.61 Å². The van der Waals surface area contributed by atoms with Crippen LogP contribution in [0.25, 0.3) is 6.08 Å². The van der Waals surface area contributed by atoms with Gasteiger partial charge in [-0.2, -0.15) is 0 Å². The molecule has 178 valence electrons. The maximum Gasteiger partial charge on any atom is 0.325 e. The summed E-state index contributed by atoms with van der Waals surface area (Å²) in [4.78, 5) is 28.1. The van der Waals surface area contributed by atoms with Crippen LogP contribution in [0.2, 0.25) is 5.02 Å². The Bertz CT molecular complexity index is 1300. The van der Waals surface area contributed by atoms with Crippen LogP contribution in [0, 0.1) is 5.82 Å². The number of hydrogen-bond donors (Lipinski definition) is 0. The molecule has 1 fully saturated rings. The average molecular weight is 511 g/mol. The molecule has 0 aromatic heterocycles. The van der Waals surface area contributed by atoms with Gasteiger partial charge in [-0.1, -0.05) is 41.9 Å². The lowest BCUT2D eigenvalue weighted by Gasteiger charge is -2.19. The molecule has 0 bridgehead atoms. The van der Waals surface area contributed by atoms with Crippen LogP contribution in [0.5, 0.6) is 5.75 Å². The van der Waals surface area contributed by atoms with Crippen LogP contribution < -0.4 is 9.64 Å². The van der Waals surface area contributed by atoms with E-state index in [0.29, 0.717) is 27.6 Å². The van der Waals surface area contributed by atoms with E-state index in [1.807, 2.05) is 0 Å². The van der Waals surface area contributed by atoms with Crippen molar-refractivity contribution in [2.24, 2.45) is 0 Å². The minimum atomic E-state index is -0.541. The normalized spacial score (nSPS) is 14.5. The summed E-state index contributed by atoms with van der Waals surface area (Å²) in [6.45, 7) is -0.135. The molecule has 0 spiro atoms. The molecule has 1 aliphatic rings. The molecular formula is C26H20ClFN2O4S. The predicted molar refractivity (Wildman–Crippen MR) is 135 cm³/mol. The molecule has 0 atom stereocenters. The van der Waals surface area contributed by atoms with Crippen LogP contribution >= 0.6 is 23.8 Å². The standard InChI is InChI=1S/C26H20ClFN2O4S/c1-33-24(31)15-29-23(25(32)30(26(29)35)20-10-8-19(27)9-11-20)14-17-6-12-21(13-7-17)34-16-18-4-2-3-5-22(18)28/h2-14H,15-16H2,1H3/b23-14-. The minimum absolute atomic E-state index is 0.0861. The number of methoxy groups -OCH3 is 1. The molecule has 1 amide bonds. The predicted octanol–water partition coefficient (Wildman–Crippen LogP) is 5.21. The number of hydrogen-bond acceptors (Lipinski definition) is 5. The Labute approximate surface area is 212 Å². The van der Waals surface area contributed by atoms with Gasteiger partial charge in [-0.05, 0) is 66.3 Å². The molecule has 3 aromatic rings. The molecule has 0 radical (unpaired) electrons. The Kier molecular flexibility index (Phi) is 7.43. The highest BCUT2D eigenvalue weighted by Gasteiger charge is 2.40. The second-order valence-electron chi connectivity index (χ2n) is 7.54. The summed E-state index contributed by atoms with van der Waals surface area (Å²) in [6.07, 6.45) is 1.63. The number of nitrogens with zero attached hydrogens (tertiary/aromatic N) is 2. The smallest absolute Gasteiger partial charge is 0.325 e. The summed E-state index contributed by atoms with van der Waals surface area (Å²) in [7, 11) is 1.27. The Morgan fingerprint density at radius 3 is 2.40 bits per heavy atom. The van der Waals surface area contributed by atoms with E-state index in [2.05, 4.69) is 0 Å². The lowest BCUT2D eigenvalue weighted by molar-refractivity contribution is -0.140. The number of amides is 1. The van der Waals surface area contributed by atoms with Crippen molar-refractivity contribution in [2.75, 3.05) is 18.6 Å². The van der Waals surface area contributed by atoms with Gasteiger partial charge in [0.05, 0.1) is 12.8 Å². The van der Waals surface area contributed by atoms with Gasteiger partial charge in [0.15, 0.2) is 5.11 Å². The number of benzene rings is 3. The molecular weight excluding hydrogens is 491 g/mol. The van der Waals surface area contributed by atoms with Gasteiger partial charge in [0.2, 0.25) is 0 Å². The van der Waals surface area contributed by atoms with Gasteiger partial charge < -0.3 is 14.4 Å². The zero-order valence-corrected chi connectivity index (χ0v) is 20.2. The van der Waals surface area contributed by atoms with E-state index in [1.54, 1.807) is 72.8 Å². The fourth-order valence-corrected chi connectivity index (χ4v) is 3.92. The first-order valence-electron chi connectivity index (χ1n) is 10.5. The Morgan fingerprint density at radius 1 is 1.06 bits per heavy atom. The average Bonchev–Trinajstić information content (AvgIpc) is 3.08. The molecule has 0 N–H and O–H groups in total. The summed E-state index contributed by atoms with van der Waals surface area (Å²) in [5, 5.41) is 0.671. The summed E-state index contributed by atoms with van der Waals surface area (Å²) in [6, 6.07) is 20.0. The van der Waals surface area contributed by atoms with Gasteiger partial charge in [0.1, 0.15) is 30.4 Å². The number of anilines is 1. The molecule has 6 nitrogen and oxygen atoms in total. The molecule has 0 aliphatic carbocycles. The number of carbonyl (C=O) groups excluding carboxylic acids is 2. The van der Waals surface area contributed by atoms with Crippen LogP contribution in [0.1, 0.15) is 11.1 Å². The molecule has 0 unspecified atom stereocenters. The van der Waals surface area contributed by atoms with Crippen molar-refractivity contribution in [3.05, 3.63) is 100 Å². The van der Waals surface area contributed by atoms with Crippen LogP contribution in [-0.4, -0.2) is 35.5 Å². The van der Waals surface area contributed by atoms with Crippen LogP contribution in [0.15, 0.2) is 78.5 Å². The number of esters is 1. The van der Waals surface area contributed by atoms with Gasteiger partial charge >= 0.3 is 5.97 Å².